The standard InChI is InChI=1S/C13H16FNO2/c1-7(2)17-13(16)11-10(15)6-5-9(12(11)14)8-3-4-8/h5-8H,3-4,15H2,1-2H3. The van der Waals surface area contributed by atoms with E-state index in [1.165, 1.54) is 0 Å². The second-order valence-corrected chi connectivity index (χ2v) is 4.66. The molecule has 2 N–H and O–H groups in total. The van der Waals surface area contributed by atoms with Crippen LogP contribution in [-0.2, 0) is 4.74 Å². The molecule has 1 aromatic carbocycles. The number of esters is 1. The lowest BCUT2D eigenvalue weighted by atomic mass is 10.0. The molecule has 1 saturated carbocycles. The van der Waals surface area contributed by atoms with E-state index in [2.05, 4.69) is 0 Å². The molecule has 0 radical (unpaired) electrons. The van der Waals surface area contributed by atoms with Crippen LogP contribution in [0.1, 0.15) is 48.5 Å². The van der Waals surface area contributed by atoms with Crippen LogP contribution in [0.2, 0.25) is 0 Å². The number of halogens is 1. The third-order valence-corrected chi connectivity index (χ3v) is 2.77. The smallest absolute Gasteiger partial charge is 0.343 e. The maximum absolute atomic E-state index is 14.1. The monoisotopic (exact) mass is 237 g/mol. The molecule has 0 aliphatic heterocycles. The van der Waals surface area contributed by atoms with Gasteiger partial charge in [-0.15, -0.1) is 0 Å². The molecule has 1 fully saturated rings. The summed E-state index contributed by atoms with van der Waals surface area (Å²) in [6.07, 6.45) is 1.66. The zero-order chi connectivity index (χ0) is 12.6. The van der Waals surface area contributed by atoms with Crippen LogP contribution in [-0.4, -0.2) is 12.1 Å². The van der Waals surface area contributed by atoms with Gasteiger partial charge in [0.25, 0.3) is 0 Å². The molecule has 92 valence electrons. The van der Waals surface area contributed by atoms with Crippen LogP contribution in [0.15, 0.2) is 12.1 Å². The fraction of sp³-hybridized carbons (Fsp3) is 0.462. The van der Waals surface area contributed by atoms with Crippen LogP contribution in [0.3, 0.4) is 0 Å². The van der Waals surface area contributed by atoms with Gasteiger partial charge in [-0.05, 0) is 44.2 Å². The van der Waals surface area contributed by atoms with Crippen LogP contribution in [0, 0.1) is 5.82 Å². The first-order valence-electron chi connectivity index (χ1n) is 5.79. The highest BCUT2D eigenvalue weighted by Crippen LogP contribution is 2.42. The lowest BCUT2D eigenvalue weighted by Crippen LogP contribution is -2.16. The Kier molecular flexibility index (Phi) is 3.05. The predicted molar refractivity (Wildman–Crippen MR) is 63.3 cm³/mol. The largest absolute Gasteiger partial charge is 0.459 e. The zero-order valence-corrected chi connectivity index (χ0v) is 10.00. The van der Waals surface area contributed by atoms with Crippen molar-refractivity contribution >= 4 is 11.7 Å². The minimum atomic E-state index is -0.683. The predicted octanol–water partition coefficient (Wildman–Crippen LogP) is 2.85. The van der Waals surface area contributed by atoms with Gasteiger partial charge in [0.15, 0.2) is 0 Å². The number of hydrogen-bond acceptors (Lipinski definition) is 3. The highest BCUT2D eigenvalue weighted by atomic mass is 19.1. The van der Waals surface area contributed by atoms with Gasteiger partial charge in [-0.3, -0.25) is 0 Å². The minimum absolute atomic E-state index is 0.122. The topological polar surface area (TPSA) is 52.3 Å². The molecule has 0 bridgehead atoms. The maximum atomic E-state index is 14.1. The molecule has 0 heterocycles. The molecule has 1 aromatic rings. The average Bonchev–Trinajstić information content (AvgIpc) is 3.00. The molecule has 0 saturated heterocycles. The van der Waals surface area contributed by atoms with Gasteiger partial charge in [0.2, 0.25) is 0 Å². The van der Waals surface area contributed by atoms with E-state index in [4.69, 9.17) is 10.5 Å². The molecule has 1 aliphatic rings. The Morgan fingerprint density at radius 1 is 1.47 bits per heavy atom. The molecule has 0 spiro atoms. The number of anilines is 1. The van der Waals surface area contributed by atoms with Gasteiger partial charge in [-0.25, -0.2) is 9.18 Å². The Labute approximate surface area is 99.8 Å². The Balaban J connectivity index is 2.37. The van der Waals surface area contributed by atoms with E-state index in [-0.39, 0.29) is 23.3 Å². The van der Waals surface area contributed by atoms with Crippen molar-refractivity contribution in [2.45, 2.75) is 38.7 Å². The summed E-state index contributed by atoms with van der Waals surface area (Å²) in [5, 5.41) is 0. The minimum Gasteiger partial charge on any atom is -0.459 e. The van der Waals surface area contributed by atoms with Crippen molar-refractivity contribution in [3.05, 3.63) is 29.1 Å². The first kappa shape index (κ1) is 11.9. The van der Waals surface area contributed by atoms with Crippen molar-refractivity contribution in [3.8, 4) is 0 Å². The number of carbonyl (C=O) groups excluding carboxylic acids is 1. The van der Waals surface area contributed by atoms with Crippen molar-refractivity contribution in [1.82, 2.24) is 0 Å². The zero-order valence-electron chi connectivity index (χ0n) is 10.00. The van der Waals surface area contributed by atoms with Crippen LogP contribution in [0.4, 0.5) is 10.1 Å². The lowest BCUT2D eigenvalue weighted by Gasteiger charge is -2.12. The van der Waals surface area contributed by atoms with Gasteiger partial charge in [-0.2, -0.15) is 0 Å². The molecule has 17 heavy (non-hydrogen) atoms. The third-order valence-electron chi connectivity index (χ3n) is 2.77. The molecule has 3 nitrogen and oxygen atoms in total. The molecule has 0 unspecified atom stereocenters. The second kappa shape index (κ2) is 4.35. The third kappa shape index (κ3) is 2.40. The van der Waals surface area contributed by atoms with Crippen molar-refractivity contribution < 1.29 is 13.9 Å². The van der Waals surface area contributed by atoms with E-state index in [1.54, 1.807) is 26.0 Å². The Morgan fingerprint density at radius 3 is 2.65 bits per heavy atom. The molecule has 0 amide bonds. The van der Waals surface area contributed by atoms with E-state index >= 15 is 0 Å². The molecule has 2 rings (SSSR count). The highest BCUT2D eigenvalue weighted by Gasteiger charge is 2.30. The Bertz CT molecular complexity index is 453. The van der Waals surface area contributed by atoms with Gasteiger partial charge in [0, 0.05) is 5.69 Å². The fourth-order valence-electron chi connectivity index (χ4n) is 1.80. The first-order chi connectivity index (χ1) is 8.00. The van der Waals surface area contributed by atoms with Crippen LogP contribution in [0.25, 0.3) is 0 Å². The quantitative estimate of drug-likeness (QED) is 0.649. The molecule has 0 aromatic heterocycles. The van der Waals surface area contributed by atoms with E-state index in [0.29, 0.717) is 5.56 Å². The highest BCUT2D eigenvalue weighted by molar-refractivity contribution is 5.95. The summed E-state index contributed by atoms with van der Waals surface area (Å²) >= 11 is 0. The number of nitrogen functional groups attached to an aromatic ring is 1. The Hall–Kier alpha value is -1.58. The molecule has 1 aliphatic carbocycles. The van der Waals surface area contributed by atoms with Crippen LogP contribution >= 0.6 is 0 Å². The van der Waals surface area contributed by atoms with Gasteiger partial charge >= 0.3 is 5.97 Å². The van der Waals surface area contributed by atoms with Crippen molar-refractivity contribution in [1.29, 1.82) is 0 Å². The van der Waals surface area contributed by atoms with Gasteiger partial charge in [0.1, 0.15) is 11.4 Å². The normalized spacial score (nSPS) is 15.1. The number of carbonyl (C=O) groups is 1. The average molecular weight is 237 g/mol. The summed E-state index contributed by atoms with van der Waals surface area (Å²) in [5.74, 6) is -0.961. The second-order valence-electron chi connectivity index (χ2n) is 4.66. The molecule has 0 atom stereocenters. The summed E-state index contributed by atoms with van der Waals surface area (Å²) in [6.45, 7) is 3.44. The molecular weight excluding hydrogens is 221 g/mol. The number of benzene rings is 1. The summed E-state index contributed by atoms with van der Waals surface area (Å²) in [6, 6.07) is 3.24. The number of hydrogen-bond donors (Lipinski definition) is 1. The summed E-state index contributed by atoms with van der Waals surface area (Å²) < 4.78 is 19.1. The van der Waals surface area contributed by atoms with Gasteiger partial charge in [-0.1, -0.05) is 6.07 Å². The number of rotatable bonds is 3. The van der Waals surface area contributed by atoms with Crippen molar-refractivity contribution in [2.75, 3.05) is 5.73 Å². The maximum Gasteiger partial charge on any atom is 0.343 e. The van der Waals surface area contributed by atoms with Crippen molar-refractivity contribution in [3.63, 3.8) is 0 Å². The molecular formula is C13H16FNO2. The molecule has 4 heteroatoms. The van der Waals surface area contributed by atoms with E-state index < -0.39 is 11.8 Å². The van der Waals surface area contributed by atoms with Gasteiger partial charge < -0.3 is 10.5 Å². The lowest BCUT2D eigenvalue weighted by molar-refractivity contribution is 0.0374. The van der Waals surface area contributed by atoms with Crippen LogP contribution < -0.4 is 5.73 Å². The van der Waals surface area contributed by atoms with E-state index in [9.17, 15) is 9.18 Å². The van der Waals surface area contributed by atoms with E-state index in [0.717, 1.165) is 12.8 Å². The summed E-state index contributed by atoms with van der Waals surface area (Å²) in [4.78, 5) is 11.7. The number of ether oxygens (including phenoxy) is 1. The first-order valence-corrected chi connectivity index (χ1v) is 5.79. The van der Waals surface area contributed by atoms with E-state index in [1.807, 2.05) is 0 Å². The van der Waals surface area contributed by atoms with Crippen LogP contribution in [0.5, 0.6) is 0 Å². The van der Waals surface area contributed by atoms with Gasteiger partial charge in [0.05, 0.1) is 6.10 Å². The summed E-state index contributed by atoms with van der Waals surface area (Å²) in [5.41, 5.74) is 6.24. The SMILES string of the molecule is CC(C)OC(=O)c1c(N)ccc(C2CC2)c1F. The summed E-state index contributed by atoms with van der Waals surface area (Å²) in [7, 11) is 0. The Morgan fingerprint density at radius 2 is 2.12 bits per heavy atom. The number of nitrogens with two attached hydrogens (primary N) is 1. The van der Waals surface area contributed by atoms with Crippen molar-refractivity contribution in [2.24, 2.45) is 0 Å². The fourth-order valence-corrected chi connectivity index (χ4v) is 1.80.